The normalized spacial score (nSPS) is 10.7. The summed E-state index contributed by atoms with van der Waals surface area (Å²) in [4.78, 5) is 11.1. The first kappa shape index (κ1) is 8.81. The number of hydrogen-bond acceptors (Lipinski definition) is 3. The first-order valence-electron chi connectivity index (χ1n) is 4.32. The van der Waals surface area contributed by atoms with Crippen molar-refractivity contribution in [3.63, 3.8) is 0 Å². The topological polar surface area (TPSA) is 50.4 Å². The summed E-state index contributed by atoms with van der Waals surface area (Å²) in [5, 5.41) is 10.3. The number of aryl methyl sites for hydroxylation is 2. The molecule has 2 rings (SSSR count). The molecule has 0 aliphatic rings. The molecule has 0 saturated carbocycles. The van der Waals surface area contributed by atoms with Gasteiger partial charge in [0.1, 0.15) is 11.3 Å². The first-order valence-corrected chi connectivity index (χ1v) is 4.32. The van der Waals surface area contributed by atoms with Gasteiger partial charge in [-0.25, -0.2) is 4.79 Å². The van der Waals surface area contributed by atoms with E-state index in [9.17, 15) is 9.90 Å². The van der Waals surface area contributed by atoms with Crippen LogP contribution < -0.4 is 5.63 Å². The van der Waals surface area contributed by atoms with Crippen molar-refractivity contribution in [2.24, 2.45) is 0 Å². The molecule has 1 heterocycles. The zero-order chi connectivity index (χ0) is 10.3. The van der Waals surface area contributed by atoms with Gasteiger partial charge < -0.3 is 9.52 Å². The molecule has 0 spiro atoms. The Labute approximate surface area is 80.6 Å². The maximum atomic E-state index is 11.1. The second-order valence-corrected chi connectivity index (χ2v) is 3.33. The number of benzene rings is 1. The van der Waals surface area contributed by atoms with E-state index in [0.717, 1.165) is 16.5 Å². The van der Waals surface area contributed by atoms with E-state index in [1.54, 1.807) is 13.0 Å². The Morgan fingerprint density at radius 1 is 1.29 bits per heavy atom. The highest BCUT2D eigenvalue weighted by Crippen LogP contribution is 2.27. The lowest BCUT2D eigenvalue weighted by Gasteiger charge is -2.05. The van der Waals surface area contributed by atoms with Crippen molar-refractivity contribution in [2.45, 2.75) is 13.8 Å². The molecule has 0 radical (unpaired) electrons. The molecule has 1 aromatic heterocycles. The van der Waals surface area contributed by atoms with Crippen molar-refractivity contribution in [2.75, 3.05) is 0 Å². The van der Waals surface area contributed by atoms with Gasteiger partial charge in [0.25, 0.3) is 0 Å². The Morgan fingerprint density at radius 3 is 2.71 bits per heavy atom. The van der Waals surface area contributed by atoms with Crippen LogP contribution in [0.3, 0.4) is 0 Å². The quantitative estimate of drug-likeness (QED) is 0.647. The molecule has 0 aliphatic heterocycles. The van der Waals surface area contributed by atoms with Crippen molar-refractivity contribution < 1.29 is 9.52 Å². The van der Waals surface area contributed by atoms with Gasteiger partial charge in [0, 0.05) is 17.0 Å². The van der Waals surface area contributed by atoms with E-state index in [1.165, 1.54) is 12.1 Å². The Hall–Kier alpha value is -1.77. The minimum atomic E-state index is -0.361. The van der Waals surface area contributed by atoms with Gasteiger partial charge in [-0.05, 0) is 31.5 Å². The van der Waals surface area contributed by atoms with Crippen molar-refractivity contribution in [1.29, 1.82) is 0 Å². The molecule has 0 bridgehead atoms. The van der Waals surface area contributed by atoms with Gasteiger partial charge in [-0.2, -0.15) is 0 Å². The Morgan fingerprint density at radius 2 is 2.00 bits per heavy atom. The lowest BCUT2D eigenvalue weighted by Crippen LogP contribution is -1.98. The SMILES string of the molecule is Cc1cc(=O)oc2ccc(O)c(C)c12. The maximum Gasteiger partial charge on any atom is 0.336 e. The molecule has 0 amide bonds. The summed E-state index contributed by atoms with van der Waals surface area (Å²) in [5.74, 6) is 0.217. The minimum absolute atomic E-state index is 0.217. The number of rotatable bonds is 0. The highest BCUT2D eigenvalue weighted by Gasteiger charge is 2.07. The van der Waals surface area contributed by atoms with Crippen LogP contribution in [0.25, 0.3) is 11.0 Å². The zero-order valence-electron chi connectivity index (χ0n) is 8.00. The summed E-state index contributed by atoms with van der Waals surface area (Å²) in [6, 6.07) is 4.56. The van der Waals surface area contributed by atoms with Gasteiger partial charge >= 0.3 is 5.63 Å². The Bertz CT molecular complexity index is 552. The molecule has 0 unspecified atom stereocenters. The lowest BCUT2D eigenvalue weighted by molar-refractivity contribution is 0.471. The van der Waals surface area contributed by atoms with Gasteiger partial charge in [0.05, 0.1) is 0 Å². The molecule has 1 N–H and O–H groups in total. The predicted molar refractivity (Wildman–Crippen MR) is 53.6 cm³/mol. The van der Waals surface area contributed by atoms with Crippen LogP contribution >= 0.6 is 0 Å². The molecule has 3 heteroatoms. The van der Waals surface area contributed by atoms with Crippen LogP contribution in [-0.2, 0) is 0 Å². The summed E-state index contributed by atoms with van der Waals surface area (Å²) >= 11 is 0. The summed E-state index contributed by atoms with van der Waals surface area (Å²) in [5.41, 5.74) is 1.72. The van der Waals surface area contributed by atoms with Crippen LogP contribution in [-0.4, -0.2) is 5.11 Å². The number of aromatic hydroxyl groups is 1. The third-order valence-electron chi connectivity index (χ3n) is 2.34. The highest BCUT2D eigenvalue weighted by atomic mass is 16.4. The van der Waals surface area contributed by atoms with E-state index in [1.807, 2.05) is 6.92 Å². The minimum Gasteiger partial charge on any atom is -0.508 e. The van der Waals surface area contributed by atoms with E-state index < -0.39 is 0 Å². The fraction of sp³-hybridized carbons (Fsp3) is 0.182. The molecule has 14 heavy (non-hydrogen) atoms. The molecular formula is C11H10O3. The first-order chi connectivity index (χ1) is 6.59. The highest BCUT2D eigenvalue weighted by molar-refractivity contribution is 5.85. The molecule has 3 nitrogen and oxygen atoms in total. The molecule has 72 valence electrons. The molecular weight excluding hydrogens is 180 g/mol. The third kappa shape index (κ3) is 1.18. The Kier molecular flexibility index (Phi) is 1.81. The van der Waals surface area contributed by atoms with Gasteiger partial charge in [-0.1, -0.05) is 0 Å². The maximum absolute atomic E-state index is 11.1. The van der Waals surface area contributed by atoms with Crippen LogP contribution in [0.2, 0.25) is 0 Å². The van der Waals surface area contributed by atoms with Crippen molar-refractivity contribution in [1.82, 2.24) is 0 Å². The predicted octanol–water partition coefficient (Wildman–Crippen LogP) is 2.12. The van der Waals surface area contributed by atoms with Crippen LogP contribution in [0.4, 0.5) is 0 Å². The fourth-order valence-corrected chi connectivity index (χ4v) is 1.64. The number of hydrogen-bond donors (Lipinski definition) is 1. The van der Waals surface area contributed by atoms with Gasteiger partial charge in [-0.3, -0.25) is 0 Å². The van der Waals surface area contributed by atoms with Crippen LogP contribution in [0.15, 0.2) is 27.4 Å². The van der Waals surface area contributed by atoms with E-state index >= 15 is 0 Å². The summed E-state index contributed by atoms with van der Waals surface area (Å²) < 4.78 is 5.01. The fourth-order valence-electron chi connectivity index (χ4n) is 1.64. The van der Waals surface area contributed by atoms with E-state index in [-0.39, 0.29) is 11.4 Å². The van der Waals surface area contributed by atoms with Gasteiger partial charge in [-0.15, -0.1) is 0 Å². The Balaban J connectivity index is 3.03. The molecule has 1 aromatic carbocycles. The molecule has 0 saturated heterocycles. The van der Waals surface area contributed by atoms with Gasteiger partial charge in [0.2, 0.25) is 0 Å². The van der Waals surface area contributed by atoms with E-state index in [2.05, 4.69) is 0 Å². The molecule has 0 fully saturated rings. The number of fused-ring (bicyclic) bond motifs is 1. The van der Waals surface area contributed by atoms with Crippen molar-refractivity contribution >= 4 is 11.0 Å². The van der Waals surface area contributed by atoms with E-state index in [4.69, 9.17) is 4.42 Å². The second-order valence-electron chi connectivity index (χ2n) is 3.33. The van der Waals surface area contributed by atoms with Crippen LogP contribution in [0.1, 0.15) is 11.1 Å². The third-order valence-corrected chi connectivity index (χ3v) is 2.34. The standard InChI is InChI=1S/C11H10O3/c1-6-5-10(13)14-9-4-3-8(12)7(2)11(6)9/h3-5,12H,1-2H3. The number of phenols is 1. The second kappa shape index (κ2) is 2.87. The zero-order valence-corrected chi connectivity index (χ0v) is 8.00. The van der Waals surface area contributed by atoms with Crippen LogP contribution in [0, 0.1) is 13.8 Å². The average molecular weight is 190 g/mol. The monoisotopic (exact) mass is 190 g/mol. The molecule has 2 aromatic rings. The number of phenolic OH excluding ortho intramolecular Hbond substituents is 1. The van der Waals surface area contributed by atoms with E-state index in [0.29, 0.717) is 5.58 Å². The summed E-state index contributed by atoms with van der Waals surface area (Å²) in [7, 11) is 0. The summed E-state index contributed by atoms with van der Waals surface area (Å²) in [6.45, 7) is 3.62. The smallest absolute Gasteiger partial charge is 0.336 e. The van der Waals surface area contributed by atoms with Crippen molar-refractivity contribution in [3.05, 3.63) is 39.7 Å². The molecule has 0 atom stereocenters. The van der Waals surface area contributed by atoms with Crippen molar-refractivity contribution in [3.8, 4) is 5.75 Å². The largest absolute Gasteiger partial charge is 0.508 e. The average Bonchev–Trinajstić information content (AvgIpc) is 2.10. The summed E-state index contributed by atoms with van der Waals surface area (Å²) in [6.07, 6.45) is 0. The molecule has 0 aliphatic carbocycles. The van der Waals surface area contributed by atoms with Gasteiger partial charge in [0.15, 0.2) is 0 Å². The lowest BCUT2D eigenvalue weighted by atomic mass is 10.1. The van der Waals surface area contributed by atoms with Crippen LogP contribution in [0.5, 0.6) is 5.75 Å².